The van der Waals surface area contributed by atoms with Gasteiger partial charge in [0.2, 0.25) is 5.91 Å². The third-order valence-electron chi connectivity index (χ3n) is 4.43. The van der Waals surface area contributed by atoms with Gasteiger partial charge in [-0.1, -0.05) is 48.5 Å². The normalized spacial score (nSPS) is 12.1. The number of amides is 2. The average Bonchev–Trinajstić information content (AvgIpc) is 2.74. The van der Waals surface area contributed by atoms with Crippen LogP contribution in [0.5, 0.6) is 0 Å². The van der Waals surface area contributed by atoms with Gasteiger partial charge in [-0.2, -0.15) is 13.2 Å². The lowest BCUT2D eigenvalue weighted by atomic mass is 10.0. The molecule has 0 fully saturated rings. The molecule has 154 valence electrons. The summed E-state index contributed by atoms with van der Waals surface area (Å²) < 4.78 is 38.0. The number of nitrogens with one attached hydrogen (secondary N) is 2. The summed E-state index contributed by atoms with van der Waals surface area (Å²) in [5.41, 5.74) is 0.651. The molecular weight excluding hydrogens is 393 g/mol. The van der Waals surface area contributed by atoms with E-state index in [1.807, 2.05) is 6.07 Å². The van der Waals surface area contributed by atoms with Crippen LogP contribution in [0.2, 0.25) is 0 Å². The summed E-state index contributed by atoms with van der Waals surface area (Å²) in [6.45, 7) is 0. The predicted molar refractivity (Wildman–Crippen MR) is 108 cm³/mol. The first-order chi connectivity index (χ1) is 14.3. The van der Waals surface area contributed by atoms with Crippen LogP contribution < -0.4 is 10.6 Å². The molecule has 0 aliphatic carbocycles. The maximum absolute atomic E-state index is 12.7. The smallest absolute Gasteiger partial charge is 0.345 e. The molecule has 0 saturated carbocycles. The van der Waals surface area contributed by atoms with Crippen molar-refractivity contribution in [1.82, 2.24) is 5.32 Å². The Kier molecular flexibility index (Phi) is 6.51. The fraction of sp³-hybridized carbons (Fsp3) is 0.130. The Bertz CT molecular complexity index is 988. The van der Waals surface area contributed by atoms with Crippen LogP contribution in [0.15, 0.2) is 84.9 Å². The molecule has 0 aromatic heterocycles. The Labute approximate surface area is 171 Å². The van der Waals surface area contributed by atoms with E-state index in [9.17, 15) is 22.8 Å². The van der Waals surface area contributed by atoms with Gasteiger partial charge in [0, 0.05) is 11.3 Å². The first kappa shape index (κ1) is 21.1. The number of hydrogen-bond acceptors (Lipinski definition) is 2. The summed E-state index contributed by atoms with van der Waals surface area (Å²) in [7, 11) is 0. The van der Waals surface area contributed by atoms with E-state index < -0.39 is 23.7 Å². The van der Waals surface area contributed by atoms with Crippen LogP contribution in [0.25, 0.3) is 0 Å². The van der Waals surface area contributed by atoms with Gasteiger partial charge >= 0.3 is 6.18 Å². The fourth-order valence-corrected chi connectivity index (χ4v) is 2.91. The molecule has 0 aliphatic rings. The highest BCUT2D eigenvalue weighted by atomic mass is 19.4. The third-order valence-corrected chi connectivity index (χ3v) is 4.43. The molecule has 3 aromatic rings. The van der Waals surface area contributed by atoms with Gasteiger partial charge in [0.15, 0.2) is 0 Å². The minimum Gasteiger partial charge on any atom is -0.345 e. The highest BCUT2D eigenvalue weighted by Gasteiger charge is 2.30. The summed E-state index contributed by atoms with van der Waals surface area (Å²) in [4.78, 5) is 25.1. The molecule has 3 rings (SSSR count). The lowest BCUT2D eigenvalue weighted by Gasteiger charge is -2.19. The van der Waals surface area contributed by atoms with Crippen molar-refractivity contribution in [2.75, 3.05) is 5.32 Å². The number of anilines is 1. The molecule has 0 bridgehead atoms. The van der Waals surface area contributed by atoms with E-state index in [-0.39, 0.29) is 18.0 Å². The van der Waals surface area contributed by atoms with Crippen molar-refractivity contribution < 1.29 is 22.8 Å². The van der Waals surface area contributed by atoms with Gasteiger partial charge in [0.25, 0.3) is 5.91 Å². The minimum atomic E-state index is -4.44. The summed E-state index contributed by atoms with van der Waals surface area (Å²) in [5, 5.41) is 5.42. The molecule has 0 aliphatic heterocycles. The Morgan fingerprint density at radius 3 is 1.93 bits per heavy atom. The van der Waals surface area contributed by atoms with Gasteiger partial charge in [-0.05, 0) is 42.0 Å². The van der Waals surface area contributed by atoms with E-state index in [2.05, 4.69) is 10.6 Å². The molecule has 7 heteroatoms. The number of carbonyl (C=O) groups is 2. The molecule has 0 heterocycles. The number of benzene rings is 3. The van der Waals surface area contributed by atoms with Crippen LogP contribution in [0, 0.1) is 0 Å². The molecule has 0 spiro atoms. The second kappa shape index (κ2) is 9.26. The van der Waals surface area contributed by atoms with Crippen molar-refractivity contribution >= 4 is 17.5 Å². The zero-order valence-electron chi connectivity index (χ0n) is 15.8. The highest BCUT2D eigenvalue weighted by Crippen LogP contribution is 2.30. The first-order valence-electron chi connectivity index (χ1n) is 9.21. The van der Waals surface area contributed by atoms with E-state index in [1.165, 1.54) is 12.1 Å². The van der Waals surface area contributed by atoms with E-state index in [0.29, 0.717) is 5.56 Å². The molecule has 2 N–H and O–H groups in total. The Morgan fingerprint density at radius 1 is 0.800 bits per heavy atom. The third kappa shape index (κ3) is 5.70. The van der Waals surface area contributed by atoms with E-state index >= 15 is 0 Å². The number of rotatable bonds is 6. The van der Waals surface area contributed by atoms with E-state index in [1.54, 1.807) is 54.6 Å². The van der Waals surface area contributed by atoms with Crippen molar-refractivity contribution in [2.45, 2.75) is 18.6 Å². The Balaban J connectivity index is 1.71. The second-order valence-corrected chi connectivity index (χ2v) is 6.63. The van der Waals surface area contributed by atoms with Crippen LogP contribution in [-0.2, 0) is 11.0 Å². The molecular formula is C23H19F3N2O2. The van der Waals surface area contributed by atoms with Crippen LogP contribution in [-0.4, -0.2) is 11.8 Å². The first-order valence-corrected chi connectivity index (χ1v) is 9.21. The van der Waals surface area contributed by atoms with Gasteiger partial charge in [-0.15, -0.1) is 0 Å². The van der Waals surface area contributed by atoms with E-state index in [0.717, 1.165) is 17.7 Å². The molecule has 4 nitrogen and oxygen atoms in total. The lowest BCUT2D eigenvalue weighted by molar-refractivity contribution is -0.137. The summed E-state index contributed by atoms with van der Waals surface area (Å²) in [5.74, 6) is -0.760. The average molecular weight is 412 g/mol. The van der Waals surface area contributed by atoms with Crippen molar-refractivity contribution in [3.8, 4) is 0 Å². The van der Waals surface area contributed by atoms with Gasteiger partial charge in [-0.3, -0.25) is 9.59 Å². The maximum Gasteiger partial charge on any atom is 0.416 e. The quantitative estimate of drug-likeness (QED) is 0.584. The molecule has 1 atom stereocenters. The van der Waals surface area contributed by atoms with Crippen molar-refractivity contribution in [2.24, 2.45) is 0 Å². The summed E-state index contributed by atoms with van der Waals surface area (Å²) in [6.07, 6.45) is -4.52. The molecule has 0 radical (unpaired) electrons. The highest BCUT2D eigenvalue weighted by molar-refractivity contribution is 5.95. The van der Waals surface area contributed by atoms with Crippen LogP contribution in [0.1, 0.15) is 33.9 Å². The minimum absolute atomic E-state index is 0.0798. The Hall–Kier alpha value is -3.61. The van der Waals surface area contributed by atoms with Crippen LogP contribution in [0.3, 0.4) is 0 Å². The Morgan fingerprint density at radius 2 is 1.37 bits per heavy atom. The molecule has 0 saturated heterocycles. The standard InChI is InChI=1S/C23H19F3N2O2/c24-23(25,26)18-11-13-19(14-12-18)27-21(29)15-20(16-7-3-1-4-8-16)28-22(30)17-9-5-2-6-10-17/h1-14,20H,15H2,(H,27,29)(H,28,30)/t20-/m0/s1. The summed E-state index contributed by atoms with van der Waals surface area (Å²) in [6, 6.07) is 21.2. The topological polar surface area (TPSA) is 58.2 Å². The number of halogens is 3. The molecule has 0 unspecified atom stereocenters. The van der Waals surface area contributed by atoms with Crippen molar-refractivity contribution in [1.29, 1.82) is 0 Å². The van der Waals surface area contributed by atoms with E-state index in [4.69, 9.17) is 0 Å². The van der Waals surface area contributed by atoms with Gasteiger partial charge in [0.05, 0.1) is 18.0 Å². The number of carbonyl (C=O) groups excluding carboxylic acids is 2. The second-order valence-electron chi connectivity index (χ2n) is 6.63. The predicted octanol–water partition coefficient (Wildman–Crippen LogP) is 5.21. The summed E-state index contributed by atoms with van der Waals surface area (Å²) >= 11 is 0. The largest absolute Gasteiger partial charge is 0.416 e. The number of hydrogen-bond donors (Lipinski definition) is 2. The zero-order chi connectivity index (χ0) is 21.6. The zero-order valence-corrected chi connectivity index (χ0v) is 15.8. The van der Waals surface area contributed by atoms with Gasteiger partial charge < -0.3 is 10.6 Å². The maximum atomic E-state index is 12.7. The van der Waals surface area contributed by atoms with Crippen LogP contribution in [0.4, 0.5) is 18.9 Å². The molecule has 30 heavy (non-hydrogen) atoms. The molecule has 3 aromatic carbocycles. The van der Waals surface area contributed by atoms with Gasteiger partial charge in [-0.25, -0.2) is 0 Å². The van der Waals surface area contributed by atoms with Crippen molar-refractivity contribution in [3.63, 3.8) is 0 Å². The number of alkyl halides is 3. The van der Waals surface area contributed by atoms with Gasteiger partial charge in [0.1, 0.15) is 0 Å². The fourth-order valence-electron chi connectivity index (χ4n) is 2.91. The van der Waals surface area contributed by atoms with Crippen LogP contribution >= 0.6 is 0 Å². The SMILES string of the molecule is O=C(C[C@H](NC(=O)c1ccccc1)c1ccccc1)Nc1ccc(C(F)(F)F)cc1. The lowest BCUT2D eigenvalue weighted by Crippen LogP contribution is -2.31. The monoisotopic (exact) mass is 412 g/mol. The van der Waals surface area contributed by atoms with Crippen molar-refractivity contribution in [3.05, 3.63) is 102 Å². The molecule has 2 amide bonds.